The van der Waals surface area contributed by atoms with E-state index >= 15 is 0 Å². The molecule has 1 aliphatic heterocycles. The highest BCUT2D eigenvalue weighted by atomic mass is 35.5. The molecule has 0 atom stereocenters. The summed E-state index contributed by atoms with van der Waals surface area (Å²) >= 11 is 0. The summed E-state index contributed by atoms with van der Waals surface area (Å²) in [6.45, 7) is 4.40. The van der Waals surface area contributed by atoms with Crippen molar-refractivity contribution in [3.63, 3.8) is 0 Å². The first kappa shape index (κ1) is 15.3. The van der Waals surface area contributed by atoms with Gasteiger partial charge in [0.2, 0.25) is 0 Å². The van der Waals surface area contributed by atoms with Gasteiger partial charge in [0.1, 0.15) is 0 Å². The van der Waals surface area contributed by atoms with Gasteiger partial charge in [-0.3, -0.25) is 0 Å². The topological polar surface area (TPSA) is 21.3 Å². The highest BCUT2D eigenvalue weighted by molar-refractivity contribution is 5.85. The molecule has 0 radical (unpaired) electrons. The highest BCUT2D eigenvalue weighted by Gasteiger charge is 2.15. The first-order valence-corrected chi connectivity index (χ1v) is 7.23. The van der Waals surface area contributed by atoms with E-state index in [9.17, 15) is 0 Å². The summed E-state index contributed by atoms with van der Waals surface area (Å²) in [7, 11) is 0. The number of hydrogen-bond acceptors (Lipinski definition) is 2. The first-order valence-electron chi connectivity index (χ1n) is 7.23. The van der Waals surface area contributed by atoms with Gasteiger partial charge in [0.05, 0.1) is 0 Å². The largest absolute Gasteiger partial charge is 0.381 e. The summed E-state index contributed by atoms with van der Waals surface area (Å²) in [5, 5.41) is 3.40. The van der Waals surface area contributed by atoms with Gasteiger partial charge in [-0.25, -0.2) is 0 Å². The molecule has 0 aromatic heterocycles. The Bertz CT molecular complexity index is 157. The number of piperidine rings is 1. The molecule has 0 aromatic rings. The minimum absolute atomic E-state index is 0. The smallest absolute Gasteiger partial charge is 0.0495 e. The van der Waals surface area contributed by atoms with Crippen LogP contribution in [0.4, 0.5) is 0 Å². The number of nitrogens with one attached hydrogen (secondary N) is 1. The van der Waals surface area contributed by atoms with Crippen LogP contribution in [0.15, 0.2) is 0 Å². The minimum atomic E-state index is 0. The second kappa shape index (κ2) is 9.18. The van der Waals surface area contributed by atoms with Gasteiger partial charge in [-0.1, -0.05) is 32.1 Å². The molecular formula is C14H28ClNO. The number of rotatable bonds is 5. The predicted octanol–water partition coefficient (Wildman–Crippen LogP) is 3.39. The number of hydrogen-bond donors (Lipinski definition) is 1. The van der Waals surface area contributed by atoms with Crippen molar-refractivity contribution in [2.75, 3.05) is 26.3 Å². The van der Waals surface area contributed by atoms with E-state index in [-0.39, 0.29) is 12.4 Å². The fraction of sp³-hybridized carbons (Fsp3) is 1.00. The van der Waals surface area contributed by atoms with Gasteiger partial charge in [-0.2, -0.15) is 0 Å². The molecule has 0 aromatic carbocycles. The lowest BCUT2D eigenvalue weighted by molar-refractivity contribution is 0.0746. The van der Waals surface area contributed by atoms with Crippen LogP contribution in [0, 0.1) is 11.8 Å². The van der Waals surface area contributed by atoms with Crippen molar-refractivity contribution >= 4 is 12.4 Å². The summed E-state index contributed by atoms with van der Waals surface area (Å²) < 4.78 is 5.85. The SMILES string of the molecule is C1CCC(CCOCC2CCNCC2)CC1.Cl. The Balaban J connectivity index is 0.00000144. The molecule has 1 saturated heterocycles. The molecular weight excluding hydrogens is 234 g/mol. The zero-order valence-electron chi connectivity index (χ0n) is 11.0. The third-order valence-corrected chi connectivity index (χ3v) is 4.21. The van der Waals surface area contributed by atoms with E-state index in [1.165, 1.54) is 64.5 Å². The van der Waals surface area contributed by atoms with Crippen molar-refractivity contribution in [3.8, 4) is 0 Å². The monoisotopic (exact) mass is 261 g/mol. The highest BCUT2D eigenvalue weighted by Crippen LogP contribution is 2.26. The van der Waals surface area contributed by atoms with Gasteiger partial charge in [0.25, 0.3) is 0 Å². The lowest BCUT2D eigenvalue weighted by atomic mass is 9.87. The van der Waals surface area contributed by atoms with Crippen molar-refractivity contribution < 1.29 is 4.74 Å². The average Bonchev–Trinajstić information content (AvgIpc) is 2.37. The molecule has 2 rings (SSSR count). The molecule has 2 aliphatic rings. The van der Waals surface area contributed by atoms with Crippen LogP contribution in [-0.4, -0.2) is 26.3 Å². The number of ether oxygens (including phenoxy) is 1. The Morgan fingerprint density at radius 1 is 0.882 bits per heavy atom. The van der Waals surface area contributed by atoms with Gasteiger partial charge in [0, 0.05) is 13.2 Å². The Morgan fingerprint density at radius 3 is 2.29 bits per heavy atom. The summed E-state index contributed by atoms with van der Waals surface area (Å²) in [6.07, 6.45) is 11.2. The summed E-state index contributed by atoms with van der Waals surface area (Å²) in [4.78, 5) is 0. The summed E-state index contributed by atoms with van der Waals surface area (Å²) in [5.41, 5.74) is 0. The Kier molecular flexibility index (Phi) is 8.25. The van der Waals surface area contributed by atoms with Crippen LogP contribution in [0.25, 0.3) is 0 Å². The zero-order chi connectivity index (χ0) is 11.1. The van der Waals surface area contributed by atoms with Gasteiger partial charge in [-0.15, -0.1) is 12.4 Å². The van der Waals surface area contributed by atoms with Crippen molar-refractivity contribution in [1.82, 2.24) is 5.32 Å². The average molecular weight is 262 g/mol. The van der Waals surface area contributed by atoms with Gasteiger partial charge in [-0.05, 0) is 44.2 Å². The van der Waals surface area contributed by atoms with Crippen molar-refractivity contribution in [1.29, 1.82) is 0 Å². The van der Waals surface area contributed by atoms with E-state index < -0.39 is 0 Å². The van der Waals surface area contributed by atoms with Crippen LogP contribution >= 0.6 is 12.4 Å². The fourth-order valence-corrected chi connectivity index (χ4v) is 3.02. The molecule has 2 nitrogen and oxygen atoms in total. The van der Waals surface area contributed by atoms with Crippen LogP contribution in [0.1, 0.15) is 51.4 Å². The Labute approximate surface area is 112 Å². The third-order valence-electron chi connectivity index (χ3n) is 4.21. The molecule has 0 spiro atoms. The van der Waals surface area contributed by atoms with Crippen LogP contribution in [0.3, 0.4) is 0 Å². The fourth-order valence-electron chi connectivity index (χ4n) is 3.02. The third kappa shape index (κ3) is 6.08. The molecule has 1 N–H and O–H groups in total. The normalized spacial score (nSPS) is 23.3. The Morgan fingerprint density at radius 2 is 1.59 bits per heavy atom. The van der Waals surface area contributed by atoms with Crippen LogP contribution in [-0.2, 0) is 4.74 Å². The Hall–Kier alpha value is 0.210. The van der Waals surface area contributed by atoms with E-state index in [1.54, 1.807) is 0 Å². The predicted molar refractivity (Wildman–Crippen MR) is 74.9 cm³/mol. The van der Waals surface area contributed by atoms with Gasteiger partial charge < -0.3 is 10.1 Å². The van der Waals surface area contributed by atoms with Gasteiger partial charge in [0.15, 0.2) is 0 Å². The summed E-state index contributed by atoms with van der Waals surface area (Å²) in [6, 6.07) is 0. The second-order valence-electron chi connectivity index (χ2n) is 5.56. The van der Waals surface area contributed by atoms with Crippen molar-refractivity contribution in [2.24, 2.45) is 11.8 Å². The molecule has 0 unspecified atom stereocenters. The molecule has 102 valence electrons. The lowest BCUT2D eigenvalue weighted by Crippen LogP contribution is -2.30. The molecule has 1 aliphatic carbocycles. The standard InChI is InChI=1S/C14H27NO.ClH/c1-2-4-13(5-3-1)8-11-16-12-14-6-9-15-10-7-14;/h13-15H,1-12H2;1H. The quantitative estimate of drug-likeness (QED) is 0.766. The van der Waals surface area contributed by atoms with Crippen molar-refractivity contribution in [3.05, 3.63) is 0 Å². The van der Waals surface area contributed by atoms with Crippen LogP contribution in [0.5, 0.6) is 0 Å². The maximum atomic E-state index is 5.85. The molecule has 1 heterocycles. The molecule has 2 fully saturated rings. The van der Waals surface area contributed by atoms with Crippen LogP contribution < -0.4 is 5.32 Å². The number of halogens is 1. The van der Waals surface area contributed by atoms with Crippen LogP contribution in [0.2, 0.25) is 0 Å². The molecule has 0 bridgehead atoms. The van der Waals surface area contributed by atoms with E-state index in [1.807, 2.05) is 0 Å². The van der Waals surface area contributed by atoms with E-state index in [4.69, 9.17) is 4.74 Å². The van der Waals surface area contributed by atoms with E-state index in [2.05, 4.69) is 5.32 Å². The summed E-state index contributed by atoms with van der Waals surface area (Å²) in [5.74, 6) is 1.80. The molecule has 17 heavy (non-hydrogen) atoms. The lowest BCUT2D eigenvalue weighted by Gasteiger charge is -2.24. The zero-order valence-corrected chi connectivity index (χ0v) is 11.8. The molecule has 3 heteroatoms. The minimum Gasteiger partial charge on any atom is -0.381 e. The van der Waals surface area contributed by atoms with Crippen molar-refractivity contribution in [2.45, 2.75) is 51.4 Å². The maximum absolute atomic E-state index is 5.85. The molecule has 1 saturated carbocycles. The second-order valence-corrected chi connectivity index (χ2v) is 5.56. The maximum Gasteiger partial charge on any atom is 0.0495 e. The van der Waals surface area contributed by atoms with Gasteiger partial charge >= 0.3 is 0 Å². The van der Waals surface area contributed by atoms with E-state index in [0.29, 0.717) is 0 Å². The first-order chi connectivity index (χ1) is 7.95. The molecule has 0 amide bonds. The van der Waals surface area contributed by atoms with E-state index in [0.717, 1.165) is 25.0 Å².